The molecule has 1 spiro atoms. The van der Waals surface area contributed by atoms with Crippen molar-refractivity contribution in [3.05, 3.63) is 48.6 Å². The van der Waals surface area contributed by atoms with Crippen LogP contribution in [0.5, 0.6) is 0 Å². The van der Waals surface area contributed by atoms with Gasteiger partial charge >= 0.3 is 0 Å². The molecule has 1 aromatic carbocycles. The molecule has 2 aliphatic rings. The smallest absolute Gasteiger partial charge is 0.224 e. The standard InChI is InChI=1S/C21H28N2O4S/c1-3-12-23-20(25)16-18(17-7-5-4-6-8-17)21(23)10-13-22(14-11-21)19(24)9-15-28(2,26)27/h3-8,18H,1,9-16H2,2H3. The summed E-state index contributed by atoms with van der Waals surface area (Å²) in [5, 5.41) is 0. The fourth-order valence-electron chi connectivity index (χ4n) is 4.63. The zero-order valence-electron chi connectivity index (χ0n) is 16.3. The average Bonchev–Trinajstić information content (AvgIpc) is 2.93. The van der Waals surface area contributed by atoms with Crippen LogP contribution in [0.2, 0.25) is 0 Å². The molecule has 2 saturated heterocycles. The van der Waals surface area contributed by atoms with Crippen LogP contribution in [-0.2, 0) is 19.4 Å². The van der Waals surface area contributed by atoms with E-state index < -0.39 is 9.84 Å². The van der Waals surface area contributed by atoms with Crippen LogP contribution in [0.4, 0.5) is 0 Å². The van der Waals surface area contributed by atoms with Crippen molar-refractivity contribution in [2.45, 2.75) is 37.1 Å². The molecule has 0 N–H and O–H groups in total. The van der Waals surface area contributed by atoms with Gasteiger partial charge in [-0.2, -0.15) is 0 Å². The Morgan fingerprint density at radius 1 is 1.25 bits per heavy atom. The molecule has 3 rings (SSSR count). The first-order valence-electron chi connectivity index (χ1n) is 9.69. The van der Waals surface area contributed by atoms with E-state index in [1.807, 2.05) is 23.1 Å². The van der Waals surface area contributed by atoms with Crippen LogP contribution in [-0.4, -0.2) is 67.2 Å². The summed E-state index contributed by atoms with van der Waals surface area (Å²) in [6, 6.07) is 10.1. The number of piperidine rings is 1. The number of hydrogen-bond acceptors (Lipinski definition) is 4. The molecule has 0 saturated carbocycles. The van der Waals surface area contributed by atoms with E-state index in [2.05, 4.69) is 18.7 Å². The lowest BCUT2D eigenvalue weighted by Gasteiger charge is -2.48. The van der Waals surface area contributed by atoms with Gasteiger partial charge in [0.05, 0.1) is 11.3 Å². The van der Waals surface area contributed by atoms with E-state index in [0.29, 0.717) is 38.9 Å². The lowest BCUT2D eigenvalue weighted by molar-refractivity contribution is -0.136. The SMILES string of the molecule is C=CCN1C(=O)CC(c2ccccc2)C12CCN(C(=O)CCS(C)(=O)=O)CC2. The van der Waals surface area contributed by atoms with Crippen molar-refractivity contribution in [1.82, 2.24) is 9.80 Å². The Morgan fingerprint density at radius 3 is 2.46 bits per heavy atom. The lowest BCUT2D eigenvalue weighted by atomic mass is 9.73. The van der Waals surface area contributed by atoms with Gasteiger partial charge in [-0.25, -0.2) is 8.42 Å². The van der Waals surface area contributed by atoms with Crippen molar-refractivity contribution >= 4 is 21.7 Å². The number of rotatable bonds is 6. The second kappa shape index (κ2) is 8.07. The molecule has 2 fully saturated rings. The zero-order chi connectivity index (χ0) is 20.4. The minimum absolute atomic E-state index is 0.0171. The van der Waals surface area contributed by atoms with E-state index in [0.717, 1.165) is 11.8 Å². The lowest BCUT2D eigenvalue weighted by Crippen LogP contribution is -2.56. The third kappa shape index (κ3) is 4.14. The summed E-state index contributed by atoms with van der Waals surface area (Å²) in [5.41, 5.74) is 0.833. The highest BCUT2D eigenvalue weighted by Crippen LogP contribution is 2.48. The zero-order valence-corrected chi connectivity index (χ0v) is 17.2. The minimum atomic E-state index is -3.16. The Morgan fingerprint density at radius 2 is 1.89 bits per heavy atom. The number of nitrogens with zero attached hydrogens (tertiary/aromatic N) is 2. The van der Waals surface area contributed by atoms with Gasteiger partial charge in [0.25, 0.3) is 0 Å². The van der Waals surface area contributed by atoms with E-state index in [1.54, 1.807) is 11.0 Å². The quantitative estimate of drug-likeness (QED) is 0.680. The number of carbonyl (C=O) groups excluding carboxylic acids is 2. The van der Waals surface area contributed by atoms with Crippen molar-refractivity contribution in [2.75, 3.05) is 31.6 Å². The largest absolute Gasteiger partial charge is 0.342 e. The number of amides is 2. The maximum absolute atomic E-state index is 12.8. The number of hydrogen-bond donors (Lipinski definition) is 0. The first-order valence-corrected chi connectivity index (χ1v) is 11.7. The van der Waals surface area contributed by atoms with E-state index in [1.165, 1.54) is 0 Å². The van der Waals surface area contributed by atoms with Gasteiger partial charge in [0, 0.05) is 44.6 Å². The van der Waals surface area contributed by atoms with Gasteiger partial charge in [0.15, 0.2) is 0 Å². The summed E-state index contributed by atoms with van der Waals surface area (Å²) >= 11 is 0. The second-order valence-electron chi connectivity index (χ2n) is 7.82. The summed E-state index contributed by atoms with van der Waals surface area (Å²) in [4.78, 5) is 28.9. The second-order valence-corrected chi connectivity index (χ2v) is 10.1. The predicted molar refractivity (Wildman–Crippen MR) is 109 cm³/mol. The van der Waals surface area contributed by atoms with Crippen LogP contribution in [0, 0.1) is 0 Å². The maximum atomic E-state index is 12.8. The topological polar surface area (TPSA) is 74.8 Å². The molecule has 0 aliphatic carbocycles. The normalized spacial score (nSPS) is 21.9. The number of sulfone groups is 1. The summed E-state index contributed by atoms with van der Waals surface area (Å²) in [6.45, 7) is 5.38. The van der Waals surface area contributed by atoms with Gasteiger partial charge in [-0.15, -0.1) is 6.58 Å². The highest BCUT2D eigenvalue weighted by molar-refractivity contribution is 7.90. The van der Waals surface area contributed by atoms with Crippen LogP contribution in [0.15, 0.2) is 43.0 Å². The molecule has 7 heteroatoms. The van der Waals surface area contributed by atoms with Crippen LogP contribution in [0.3, 0.4) is 0 Å². The average molecular weight is 405 g/mol. The van der Waals surface area contributed by atoms with Crippen LogP contribution in [0.1, 0.15) is 37.2 Å². The Bertz CT molecular complexity index is 842. The third-order valence-electron chi connectivity index (χ3n) is 6.05. The molecule has 0 radical (unpaired) electrons. The first-order chi connectivity index (χ1) is 13.3. The van der Waals surface area contributed by atoms with E-state index in [9.17, 15) is 18.0 Å². The molecular weight excluding hydrogens is 376 g/mol. The molecule has 1 atom stereocenters. The van der Waals surface area contributed by atoms with Gasteiger partial charge in [0.1, 0.15) is 9.84 Å². The Balaban J connectivity index is 1.79. The molecule has 6 nitrogen and oxygen atoms in total. The molecule has 1 aromatic rings. The highest BCUT2D eigenvalue weighted by atomic mass is 32.2. The Labute approximate surface area is 167 Å². The van der Waals surface area contributed by atoms with Crippen molar-refractivity contribution in [3.8, 4) is 0 Å². The summed E-state index contributed by atoms with van der Waals surface area (Å²) in [5.74, 6) is -0.0302. The van der Waals surface area contributed by atoms with Crippen LogP contribution >= 0.6 is 0 Å². The molecule has 0 aromatic heterocycles. The molecule has 2 amide bonds. The molecule has 2 aliphatic heterocycles. The number of benzene rings is 1. The number of carbonyl (C=O) groups is 2. The van der Waals surface area contributed by atoms with Gasteiger partial charge in [-0.1, -0.05) is 36.4 Å². The van der Waals surface area contributed by atoms with Crippen molar-refractivity contribution in [2.24, 2.45) is 0 Å². The van der Waals surface area contributed by atoms with Crippen molar-refractivity contribution in [1.29, 1.82) is 0 Å². The molecule has 1 unspecified atom stereocenters. The third-order valence-corrected chi connectivity index (χ3v) is 6.99. The fourth-order valence-corrected chi connectivity index (χ4v) is 5.18. The van der Waals surface area contributed by atoms with Crippen LogP contribution in [0.25, 0.3) is 0 Å². The van der Waals surface area contributed by atoms with Crippen LogP contribution < -0.4 is 0 Å². The first kappa shape index (κ1) is 20.6. The van der Waals surface area contributed by atoms with Gasteiger partial charge in [-0.05, 0) is 18.4 Å². The fraction of sp³-hybridized carbons (Fsp3) is 0.524. The molecule has 152 valence electrons. The Hall–Kier alpha value is -2.15. The maximum Gasteiger partial charge on any atom is 0.224 e. The number of likely N-dealkylation sites (tertiary alicyclic amines) is 2. The molecule has 0 bridgehead atoms. The summed E-state index contributed by atoms with van der Waals surface area (Å²) < 4.78 is 22.7. The van der Waals surface area contributed by atoms with Gasteiger partial charge in [0.2, 0.25) is 11.8 Å². The van der Waals surface area contributed by atoms with E-state index >= 15 is 0 Å². The Kier molecular flexibility index (Phi) is 5.93. The molecule has 28 heavy (non-hydrogen) atoms. The highest BCUT2D eigenvalue weighted by Gasteiger charge is 2.53. The van der Waals surface area contributed by atoms with Crippen molar-refractivity contribution < 1.29 is 18.0 Å². The van der Waals surface area contributed by atoms with Crippen molar-refractivity contribution in [3.63, 3.8) is 0 Å². The molecule has 2 heterocycles. The monoisotopic (exact) mass is 404 g/mol. The molecular formula is C21H28N2O4S. The predicted octanol–water partition coefficient (Wildman–Crippen LogP) is 1.98. The van der Waals surface area contributed by atoms with E-state index in [-0.39, 0.29) is 35.4 Å². The summed E-state index contributed by atoms with van der Waals surface area (Å²) in [7, 11) is -3.16. The summed E-state index contributed by atoms with van der Waals surface area (Å²) in [6.07, 6.45) is 4.78. The van der Waals surface area contributed by atoms with E-state index in [4.69, 9.17) is 0 Å². The van der Waals surface area contributed by atoms with Gasteiger partial charge in [-0.3, -0.25) is 9.59 Å². The minimum Gasteiger partial charge on any atom is -0.342 e. The van der Waals surface area contributed by atoms with Gasteiger partial charge < -0.3 is 9.80 Å².